The number of aliphatic hydroxyl groups excluding tert-OH is 1. The number of amides is 1. The predicted molar refractivity (Wildman–Crippen MR) is 246 cm³/mol. The summed E-state index contributed by atoms with van der Waals surface area (Å²) >= 11 is 0. The molecule has 12 nitrogen and oxygen atoms in total. The van der Waals surface area contributed by atoms with Crippen LogP contribution in [0, 0.1) is 11.7 Å². The summed E-state index contributed by atoms with van der Waals surface area (Å²) in [6.45, 7) is 3.56. The number of rotatable bonds is 15. The van der Waals surface area contributed by atoms with E-state index in [1.807, 2.05) is 36.4 Å². The molecule has 5 aromatic carbocycles. The average molecular weight is 881 g/mol. The number of phenolic OH excluding ortho intramolecular Hbond substituents is 1. The lowest BCUT2D eigenvalue weighted by Gasteiger charge is -2.33. The molecule has 0 aliphatic carbocycles. The Kier molecular flexibility index (Phi) is 13.9. The van der Waals surface area contributed by atoms with Gasteiger partial charge in [-0.15, -0.1) is 0 Å². The van der Waals surface area contributed by atoms with E-state index < -0.39 is 29.4 Å². The molecule has 8 rings (SSSR count). The lowest BCUT2D eigenvalue weighted by Crippen LogP contribution is -2.40. The Morgan fingerprint density at radius 1 is 0.908 bits per heavy atom. The number of aromatic amines is 1. The Bertz CT molecular complexity index is 2740. The number of H-pyrrole nitrogens is 1. The first-order valence-electron chi connectivity index (χ1n) is 21.9. The minimum absolute atomic E-state index is 0.0567. The van der Waals surface area contributed by atoms with Gasteiger partial charge >= 0.3 is 5.97 Å². The third-order valence-corrected chi connectivity index (χ3v) is 12.6. The van der Waals surface area contributed by atoms with Crippen LogP contribution in [0.5, 0.6) is 11.5 Å². The van der Waals surface area contributed by atoms with Gasteiger partial charge in [0.05, 0.1) is 30.9 Å². The molecule has 1 fully saturated rings. The molecule has 3 heterocycles. The topological polar surface area (TPSA) is 165 Å². The molecule has 1 saturated heterocycles. The van der Waals surface area contributed by atoms with Gasteiger partial charge in [0, 0.05) is 55.3 Å². The summed E-state index contributed by atoms with van der Waals surface area (Å²) in [6, 6.07) is 35.2. The normalized spacial score (nSPS) is 16.1. The van der Waals surface area contributed by atoms with Crippen molar-refractivity contribution in [2.24, 2.45) is 5.92 Å². The van der Waals surface area contributed by atoms with Crippen LogP contribution < -0.4 is 15.6 Å². The van der Waals surface area contributed by atoms with Crippen LogP contribution in [0.3, 0.4) is 0 Å². The Balaban J connectivity index is 0.904. The van der Waals surface area contributed by atoms with Gasteiger partial charge in [-0.05, 0) is 90.4 Å². The molecule has 2 aliphatic rings. The summed E-state index contributed by atoms with van der Waals surface area (Å²) in [5.74, 6) is -2.06. The first-order chi connectivity index (χ1) is 31.5. The number of hydrogen-bond donors (Lipinski definition) is 5. The number of methoxy groups -OCH3 is 1. The summed E-state index contributed by atoms with van der Waals surface area (Å²) in [4.78, 5) is 46.1. The Hall–Kier alpha value is -6.64. The van der Waals surface area contributed by atoms with Crippen molar-refractivity contribution in [2.45, 2.75) is 44.1 Å². The van der Waals surface area contributed by atoms with Crippen LogP contribution in [0.25, 0.3) is 16.5 Å². The van der Waals surface area contributed by atoms with Crippen LogP contribution in [0.15, 0.2) is 132 Å². The van der Waals surface area contributed by atoms with E-state index in [2.05, 4.69) is 27.3 Å². The molecule has 0 spiro atoms. The molecule has 2 atom stereocenters. The maximum Gasteiger partial charge on any atom is 0.347 e. The van der Waals surface area contributed by atoms with Gasteiger partial charge in [0.15, 0.2) is 11.6 Å². The number of benzene rings is 5. The van der Waals surface area contributed by atoms with E-state index in [0.29, 0.717) is 40.6 Å². The molecule has 0 unspecified atom stereocenters. The highest BCUT2D eigenvalue weighted by Gasteiger charge is 2.42. The van der Waals surface area contributed by atoms with E-state index in [1.54, 1.807) is 59.5 Å². The van der Waals surface area contributed by atoms with E-state index in [1.165, 1.54) is 36.9 Å². The third-order valence-electron chi connectivity index (χ3n) is 12.6. The second-order valence-corrected chi connectivity index (χ2v) is 16.7. The Labute approximate surface area is 376 Å². The molecule has 0 saturated carbocycles. The second-order valence-electron chi connectivity index (χ2n) is 16.7. The monoisotopic (exact) mass is 880 g/mol. The standard InChI is InChI=1S/C52H53FN4O8/c1-64-49-38(30-54-31-45(59)41-17-19-44(58)48-42(41)18-20-46(60)55-48)15-16-43(47(49)53)50(61)57-27-23-36(24-28-57)37-11-8-14-40(29-37)52(63,39-12-6-3-7-13-39)51(62)65-33-35-21-25-56(26-22-35)32-34-9-4-2-5-10-34/h2-20,23,29,35,45,54,58-59,63H,21-22,24-28,30-33H2,1H3,(H,55,60)/t45-,52-/m0/s1. The number of carbonyl (C=O) groups excluding carboxylic acids is 2. The lowest BCUT2D eigenvalue weighted by molar-refractivity contribution is -0.164. The quantitative estimate of drug-likeness (QED) is 0.0692. The number of phenols is 1. The van der Waals surface area contributed by atoms with Gasteiger partial charge in [0.2, 0.25) is 11.2 Å². The fourth-order valence-corrected chi connectivity index (χ4v) is 8.89. The number of aromatic nitrogens is 1. The summed E-state index contributed by atoms with van der Waals surface area (Å²) < 4.78 is 27.4. The maximum atomic E-state index is 16.0. The zero-order chi connectivity index (χ0) is 45.5. The SMILES string of the molecule is COc1c(CNC[C@H](O)c2ccc(O)c3[nH]c(=O)ccc23)ccc(C(=O)N2CC=C(c3cccc([C@](O)(C(=O)OCC4CCN(Cc5ccccc5)CC4)c4ccccc4)c3)CC2)c1F. The van der Waals surface area contributed by atoms with Crippen LogP contribution in [0.2, 0.25) is 0 Å². The first kappa shape index (κ1) is 44.9. The minimum atomic E-state index is -2.06. The molecule has 0 bridgehead atoms. The molecule has 336 valence electrons. The molecule has 5 N–H and O–H groups in total. The van der Waals surface area contributed by atoms with Crippen molar-refractivity contribution < 1.29 is 38.8 Å². The summed E-state index contributed by atoms with van der Waals surface area (Å²) in [6.07, 6.45) is 3.09. The maximum absolute atomic E-state index is 16.0. The van der Waals surface area contributed by atoms with Crippen molar-refractivity contribution >= 4 is 28.4 Å². The van der Waals surface area contributed by atoms with Crippen LogP contribution in [-0.2, 0) is 28.2 Å². The molecule has 6 aromatic rings. The Morgan fingerprint density at radius 2 is 1.65 bits per heavy atom. The van der Waals surface area contributed by atoms with E-state index in [4.69, 9.17) is 9.47 Å². The van der Waals surface area contributed by atoms with Gasteiger partial charge in [-0.25, -0.2) is 9.18 Å². The number of aliphatic hydroxyl groups is 2. The van der Waals surface area contributed by atoms with Crippen molar-refractivity contribution in [1.82, 2.24) is 20.1 Å². The number of nitrogens with one attached hydrogen (secondary N) is 2. The number of pyridine rings is 1. The number of halogens is 1. The van der Waals surface area contributed by atoms with Crippen molar-refractivity contribution in [3.63, 3.8) is 0 Å². The highest BCUT2D eigenvalue weighted by molar-refractivity contribution is 5.96. The smallest absolute Gasteiger partial charge is 0.347 e. The number of nitrogens with zero attached hydrogens (tertiary/aromatic N) is 2. The van der Waals surface area contributed by atoms with E-state index in [0.717, 1.165) is 43.6 Å². The molecule has 1 amide bonds. The molecule has 1 aromatic heterocycles. The molecule has 65 heavy (non-hydrogen) atoms. The van der Waals surface area contributed by atoms with E-state index in [9.17, 15) is 29.7 Å². The fourth-order valence-electron chi connectivity index (χ4n) is 8.89. The van der Waals surface area contributed by atoms with Gasteiger partial charge in [-0.1, -0.05) is 97.1 Å². The number of aromatic hydroxyl groups is 1. The van der Waals surface area contributed by atoms with Crippen molar-refractivity contribution in [3.05, 3.63) is 183 Å². The van der Waals surface area contributed by atoms with Crippen LogP contribution in [0.1, 0.15) is 69.1 Å². The van der Waals surface area contributed by atoms with E-state index in [-0.39, 0.29) is 60.3 Å². The fraction of sp³-hybridized carbons (Fsp3) is 0.288. The Morgan fingerprint density at radius 3 is 2.37 bits per heavy atom. The summed E-state index contributed by atoms with van der Waals surface area (Å²) in [5, 5.41) is 37.1. The van der Waals surface area contributed by atoms with Crippen LogP contribution in [-0.4, -0.2) is 88.4 Å². The second kappa shape index (κ2) is 20.0. The molecular weight excluding hydrogens is 828 g/mol. The zero-order valence-electron chi connectivity index (χ0n) is 36.2. The number of carbonyl (C=O) groups is 2. The zero-order valence-corrected chi connectivity index (χ0v) is 36.2. The highest BCUT2D eigenvalue weighted by atomic mass is 19.1. The summed E-state index contributed by atoms with van der Waals surface area (Å²) in [5.41, 5.74) is 2.28. The number of esters is 1. The van der Waals surface area contributed by atoms with Gasteiger partial charge in [0.25, 0.3) is 5.91 Å². The molecule has 0 radical (unpaired) electrons. The van der Waals surface area contributed by atoms with Gasteiger partial charge in [-0.3, -0.25) is 14.5 Å². The lowest BCUT2D eigenvalue weighted by atomic mass is 9.84. The number of piperidine rings is 1. The van der Waals surface area contributed by atoms with Gasteiger partial charge in [0.1, 0.15) is 5.75 Å². The number of likely N-dealkylation sites (tertiary alicyclic amines) is 1. The minimum Gasteiger partial charge on any atom is -0.506 e. The van der Waals surface area contributed by atoms with E-state index >= 15 is 4.39 Å². The highest BCUT2D eigenvalue weighted by Crippen LogP contribution is 2.36. The number of fused-ring (bicyclic) bond motifs is 1. The van der Waals surface area contributed by atoms with Crippen molar-refractivity contribution in [3.8, 4) is 11.5 Å². The third kappa shape index (κ3) is 9.88. The molecule has 2 aliphatic heterocycles. The van der Waals surface area contributed by atoms with Gasteiger partial charge < -0.3 is 40.0 Å². The van der Waals surface area contributed by atoms with Crippen LogP contribution in [0.4, 0.5) is 4.39 Å². The predicted octanol–water partition coefficient (Wildman–Crippen LogP) is 6.83. The summed E-state index contributed by atoms with van der Waals surface area (Å²) in [7, 11) is 1.33. The molecule has 13 heteroatoms. The van der Waals surface area contributed by atoms with Crippen LogP contribution >= 0.6 is 0 Å². The molecular formula is C52H53FN4O8. The first-order valence-corrected chi connectivity index (χ1v) is 21.9. The average Bonchev–Trinajstić information content (AvgIpc) is 3.34. The van der Waals surface area contributed by atoms with Crippen molar-refractivity contribution in [2.75, 3.05) is 46.4 Å². The van der Waals surface area contributed by atoms with Gasteiger partial charge in [-0.2, -0.15) is 0 Å². The number of hydrogen-bond acceptors (Lipinski definition) is 10. The number of ether oxygens (including phenoxy) is 2. The van der Waals surface area contributed by atoms with Crippen molar-refractivity contribution in [1.29, 1.82) is 0 Å². The largest absolute Gasteiger partial charge is 0.506 e.